The van der Waals surface area contributed by atoms with Gasteiger partial charge in [0.2, 0.25) is 0 Å². The number of benzene rings is 3. The van der Waals surface area contributed by atoms with Gasteiger partial charge in [0.1, 0.15) is 23.0 Å². The van der Waals surface area contributed by atoms with Crippen molar-refractivity contribution in [1.29, 1.82) is 0 Å². The van der Waals surface area contributed by atoms with Crippen LogP contribution in [-0.4, -0.2) is 40.6 Å². The Kier molecular flexibility index (Phi) is 6.07. The van der Waals surface area contributed by atoms with E-state index in [2.05, 4.69) is 4.98 Å². The molecule has 1 aliphatic heterocycles. The zero-order valence-corrected chi connectivity index (χ0v) is 20.3. The van der Waals surface area contributed by atoms with Crippen LogP contribution in [0.25, 0.3) is 16.0 Å². The molecular formula is C27H22N2O6S. The first-order chi connectivity index (χ1) is 17.4. The Balaban J connectivity index is 1.67. The van der Waals surface area contributed by atoms with Crippen LogP contribution < -0.4 is 14.4 Å². The van der Waals surface area contributed by atoms with Gasteiger partial charge in [0, 0.05) is 5.56 Å². The highest BCUT2D eigenvalue weighted by atomic mass is 32.1. The fraction of sp³-hybridized carbons (Fsp3) is 0.148. The zero-order chi connectivity index (χ0) is 25.4. The summed E-state index contributed by atoms with van der Waals surface area (Å²) in [6, 6.07) is 17.2. The number of hydrogen-bond acceptors (Lipinski definition) is 8. The molecule has 1 fully saturated rings. The van der Waals surface area contributed by atoms with Gasteiger partial charge in [-0.05, 0) is 67.1 Å². The number of phenols is 1. The quantitative estimate of drug-likeness (QED) is 0.216. The fourth-order valence-electron chi connectivity index (χ4n) is 4.16. The largest absolute Gasteiger partial charge is 0.508 e. The number of carbonyl (C=O) groups is 2. The van der Waals surface area contributed by atoms with E-state index in [-0.39, 0.29) is 17.1 Å². The number of hydrogen-bond donors (Lipinski definition) is 2. The van der Waals surface area contributed by atoms with Gasteiger partial charge >= 0.3 is 5.91 Å². The van der Waals surface area contributed by atoms with E-state index in [9.17, 15) is 19.8 Å². The van der Waals surface area contributed by atoms with E-state index in [4.69, 9.17) is 9.47 Å². The Morgan fingerprint density at radius 2 is 1.72 bits per heavy atom. The highest BCUT2D eigenvalue weighted by Crippen LogP contribution is 2.45. The van der Waals surface area contributed by atoms with Gasteiger partial charge in [0.25, 0.3) is 5.78 Å². The van der Waals surface area contributed by atoms with Gasteiger partial charge in [-0.15, -0.1) is 0 Å². The number of nitrogens with zero attached hydrogens (tertiary/aromatic N) is 2. The van der Waals surface area contributed by atoms with Crippen LogP contribution in [0.15, 0.2) is 72.3 Å². The number of amides is 1. The topological polar surface area (TPSA) is 109 Å². The number of aromatic nitrogens is 1. The van der Waals surface area contributed by atoms with Gasteiger partial charge in [-0.3, -0.25) is 14.5 Å². The van der Waals surface area contributed by atoms with Gasteiger partial charge in [-0.2, -0.15) is 0 Å². The number of ketones is 1. The highest BCUT2D eigenvalue weighted by molar-refractivity contribution is 7.22. The number of aromatic hydroxyl groups is 1. The van der Waals surface area contributed by atoms with Crippen LogP contribution in [0.4, 0.5) is 5.13 Å². The Labute approximate surface area is 210 Å². The van der Waals surface area contributed by atoms with Crippen LogP contribution in [0.5, 0.6) is 17.2 Å². The number of carbonyl (C=O) groups excluding carboxylic acids is 2. The number of aliphatic hydroxyl groups is 1. The predicted octanol–water partition coefficient (Wildman–Crippen LogP) is 5.04. The first-order valence-corrected chi connectivity index (χ1v) is 12.0. The fourth-order valence-corrected chi connectivity index (χ4v) is 5.18. The number of aliphatic hydroxyl groups excluding tert-OH is 1. The molecule has 0 aliphatic carbocycles. The van der Waals surface area contributed by atoms with E-state index < -0.39 is 17.7 Å². The molecule has 3 aromatic carbocycles. The number of thiazole rings is 1. The molecule has 8 nitrogen and oxygen atoms in total. The van der Waals surface area contributed by atoms with Crippen molar-refractivity contribution in [2.75, 3.05) is 18.6 Å². The molecular weight excluding hydrogens is 480 g/mol. The molecule has 5 rings (SSSR count). The molecule has 1 atom stereocenters. The summed E-state index contributed by atoms with van der Waals surface area (Å²) in [6.07, 6.45) is 0. The Morgan fingerprint density at radius 3 is 2.39 bits per heavy atom. The van der Waals surface area contributed by atoms with E-state index in [1.807, 2.05) is 13.0 Å². The number of fused-ring (bicyclic) bond motifs is 1. The summed E-state index contributed by atoms with van der Waals surface area (Å²) >= 11 is 1.24. The SMILES string of the molecule is CCOc1ccc(/C(O)=C2\C(=O)C(=O)N(c3nc4ccc(OC)cc4s3)C2c2ccc(O)cc2)cc1. The predicted molar refractivity (Wildman–Crippen MR) is 137 cm³/mol. The second-order valence-corrected chi connectivity index (χ2v) is 9.06. The van der Waals surface area contributed by atoms with Gasteiger partial charge in [0.05, 0.1) is 35.5 Å². The van der Waals surface area contributed by atoms with Crippen LogP contribution in [0.1, 0.15) is 24.1 Å². The van der Waals surface area contributed by atoms with E-state index in [0.717, 1.165) is 4.70 Å². The van der Waals surface area contributed by atoms with Crippen LogP contribution in [0.3, 0.4) is 0 Å². The highest BCUT2D eigenvalue weighted by Gasteiger charge is 2.48. The second kappa shape index (κ2) is 9.35. The first kappa shape index (κ1) is 23.4. The maximum absolute atomic E-state index is 13.3. The van der Waals surface area contributed by atoms with Crippen molar-refractivity contribution >= 4 is 44.1 Å². The molecule has 36 heavy (non-hydrogen) atoms. The number of ether oxygens (including phenoxy) is 2. The molecule has 4 aromatic rings. The molecule has 182 valence electrons. The van der Waals surface area contributed by atoms with E-state index in [1.165, 1.54) is 28.4 Å². The minimum atomic E-state index is -0.945. The average molecular weight is 503 g/mol. The van der Waals surface area contributed by atoms with Crippen molar-refractivity contribution in [2.45, 2.75) is 13.0 Å². The van der Waals surface area contributed by atoms with Crippen molar-refractivity contribution in [3.8, 4) is 17.2 Å². The lowest BCUT2D eigenvalue weighted by Gasteiger charge is -2.23. The maximum Gasteiger partial charge on any atom is 0.301 e. The molecule has 0 bridgehead atoms. The van der Waals surface area contributed by atoms with E-state index >= 15 is 0 Å². The van der Waals surface area contributed by atoms with Crippen molar-refractivity contribution in [3.63, 3.8) is 0 Å². The van der Waals surface area contributed by atoms with Crippen LogP contribution >= 0.6 is 11.3 Å². The summed E-state index contributed by atoms with van der Waals surface area (Å²) in [5.41, 5.74) is 1.49. The van der Waals surface area contributed by atoms with Crippen molar-refractivity contribution in [3.05, 3.63) is 83.4 Å². The zero-order valence-electron chi connectivity index (χ0n) is 19.5. The summed E-state index contributed by atoms with van der Waals surface area (Å²) in [4.78, 5) is 32.5. The first-order valence-electron chi connectivity index (χ1n) is 11.2. The number of anilines is 1. The number of phenolic OH excluding ortho intramolecular Hbond substituents is 1. The standard InChI is InChI=1S/C27H22N2O6S/c1-3-35-18-10-6-16(7-11-18)24(31)22-23(15-4-8-17(30)9-5-15)29(26(33)25(22)32)27-28-20-13-12-19(34-2)14-21(20)36-27/h4-14,23,30-31H,3H2,1-2H3/b24-22+. The Hall–Kier alpha value is -4.37. The third kappa shape index (κ3) is 4.03. The lowest BCUT2D eigenvalue weighted by atomic mass is 9.95. The molecule has 0 spiro atoms. The minimum absolute atomic E-state index is 0.0364. The minimum Gasteiger partial charge on any atom is -0.508 e. The summed E-state index contributed by atoms with van der Waals surface area (Å²) in [5.74, 6) is -0.628. The van der Waals surface area contributed by atoms with E-state index in [1.54, 1.807) is 55.6 Å². The molecule has 1 aromatic heterocycles. The molecule has 0 saturated carbocycles. The average Bonchev–Trinajstić information content (AvgIpc) is 3.42. The molecule has 9 heteroatoms. The number of methoxy groups -OCH3 is 1. The smallest absolute Gasteiger partial charge is 0.301 e. The summed E-state index contributed by atoms with van der Waals surface area (Å²) in [5, 5.41) is 21.4. The van der Waals surface area contributed by atoms with Crippen LogP contribution in [0.2, 0.25) is 0 Å². The third-order valence-corrected chi connectivity index (χ3v) is 6.90. The number of Topliss-reactive ketones (excluding diaryl/α,β-unsaturated/α-hetero) is 1. The molecule has 1 unspecified atom stereocenters. The van der Waals surface area contributed by atoms with Gasteiger partial charge in [-0.1, -0.05) is 23.5 Å². The van der Waals surface area contributed by atoms with Crippen molar-refractivity contribution < 1.29 is 29.3 Å². The normalized spacial score (nSPS) is 17.1. The maximum atomic E-state index is 13.3. The molecule has 2 N–H and O–H groups in total. The molecule has 0 radical (unpaired) electrons. The lowest BCUT2D eigenvalue weighted by Crippen LogP contribution is -2.29. The molecule has 1 saturated heterocycles. The lowest BCUT2D eigenvalue weighted by molar-refractivity contribution is -0.132. The summed E-state index contributed by atoms with van der Waals surface area (Å²) in [6.45, 7) is 2.36. The molecule has 2 heterocycles. The monoisotopic (exact) mass is 502 g/mol. The van der Waals surface area contributed by atoms with Gasteiger partial charge in [-0.25, -0.2) is 4.98 Å². The number of rotatable bonds is 6. The van der Waals surface area contributed by atoms with Gasteiger partial charge in [0.15, 0.2) is 5.13 Å². The van der Waals surface area contributed by atoms with Crippen molar-refractivity contribution in [2.24, 2.45) is 0 Å². The van der Waals surface area contributed by atoms with Crippen molar-refractivity contribution in [1.82, 2.24) is 4.98 Å². The third-order valence-electron chi connectivity index (χ3n) is 5.88. The Morgan fingerprint density at radius 1 is 1.03 bits per heavy atom. The Bertz CT molecular complexity index is 1490. The van der Waals surface area contributed by atoms with Gasteiger partial charge < -0.3 is 19.7 Å². The van der Waals surface area contributed by atoms with Crippen LogP contribution in [0, 0.1) is 0 Å². The summed E-state index contributed by atoms with van der Waals surface area (Å²) in [7, 11) is 1.56. The van der Waals surface area contributed by atoms with E-state index in [0.29, 0.717) is 39.9 Å². The summed E-state index contributed by atoms with van der Waals surface area (Å²) < 4.78 is 11.5. The van der Waals surface area contributed by atoms with Crippen LogP contribution in [-0.2, 0) is 9.59 Å². The molecule has 1 amide bonds. The molecule has 1 aliphatic rings. The second-order valence-electron chi connectivity index (χ2n) is 8.05.